The Morgan fingerprint density at radius 1 is 1.58 bits per heavy atom. The molecule has 1 fully saturated rings. The molecule has 1 saturated heterocycles. The van der Waals surface area contributed by atoms with Crippen molar-refractivity contribution in [2.45, 2.75) is 11.1 Å². The Bertz CT molecular complexity index is 592. The first kappa shape index (κ1) is 14.2. The van der Waals surface area contributed by atoms with Gasteiger partial charge in [0.2, 0.25) is 0 Å². The van der Waals surface area contributed by atoms with Crippen LogP contribution in [0, 0.1) is 0 Å². The van der Waals surface area contributed by atoms with Gasteiger partial charge in [-0.3, -0.25) is 4.79 Å². The number of nitrogens with one attached hydrogen (secondary N) is 1. The number of carboxylic acids is 1. The number of carboxylic acid groups (broad SMARTS) is 1. The van der Waals surface area contributed by atoms with Crippen molar-refractivity contribution in [2.24, 2.45) is 0 Å². The number of hydrogen-bond donors (Lipinski definition) is 2. The number of carbonyl (C=O) groups is 1. The van der Waals surface area contributed by atoms with Crippen LogP contribution in [0.3, 0.4) is 0 Å². The summed E-state index contributed by atoms with van der Waals surface area (Å²) in [6, 6.07) is 1.75. The second-order valence-corrected chi connectivity index (χ2v) is 6.18. The van der Waals surface area contributed by atoms with Gasteiger partial charge in [0.1, 0.15) is 6.04 Å². The molecule has 0 spiro atoms. The molecule has 7 nitrogen and oxygen atoms in total. The zero-order valence-corrected chi connectivity index (χ0v) is 11.4. The van der Waals surface area contributed by atoms with Gasteiger partial charge in [-0.05, 0) is 12.1 Å². The van der Waals surface area contributed by atoms with Crippen LogP contribution in [-0.4, -0.2) is 54.5 Å². The normalized spacial score (nSPS) is 21.2. The van der Waals surface area contributed by atoms with Crippen LogP contribution in [-0.2, 0) is 14.8 Å². The van der Waals surface area contributed by atoms with E-state index < -0.39 is 22.0 Å². The van der Waals surface area contributed by atoms with Gasteiger partial charge in [0.25, 0.3) is 10.0 Å². The van der Waals surface area contributed by atoms with Crippen molar-refractivity contribution < 1.29 is 18.3 Å². The van der Waals surface area contributed by atoms with E-state index >= 15 is 0 Å². The lowest BCUT2D eigenvalue weighted by atomic mass is 10.2. The molecule has 0 bridgehead atoms. The van der Waals surface area contributed by atoms with E-state index in [-0.39, 0.29) is 23.1 Å². The Hall–Kier alpha value is -1.22. The highest BCUT2D eigenvalue weighted by Gasteiger charge is 2.39. The minimum absolute atomic E-state index is 0.0230. The molecule has 9 heteroatoms. The van der Waals surface area contributed by atoms with Gasteiger partial charge in [0.05, 0.1) is 5.02 Å². The number of aromatic nitrogens is 1. The highest BCUT2D eigenvalue weighted by Crippen LogP contribution is 2.24. The summed E-state index contributed by atoms with van der Waals surface area (Å²) in [5.74, 6) is -1.21. The topological polar surface area (TPSA) is 99.6 Å². The summed E-state index contributed by atoms with van der Waals surface area (Å²) in [6.07, 6.45) is 1.30. The number of piperazine rings is 1. The summed E-state index contributed by atoms with van der Waals surface area (Å²) >= 11 is 5.82. The first-order valence-electron chi connectivity index (χ1n) is 5.50. The second kappa shape index (κ2) is 5.41. The molecule has 1 aliphatic heterocycles. The Morgan fingerprint density at radius 2 is 2.32 bits per heavy atom. The van der Waals surface area contributed by atoms with Crippen molar-refractivity contribution in [3.8, 4) is 0 Å². The number of sulfonamides is 1. The fourth-order valence-electron chi connectivity index (χ4n) is 1.86. The van der Waals surface area contributed by atoms with Gasteiger partial charge in [0, 0.05) is 25.8 Å². The molecule has 0 saturated carbocycles. The lowest BCUT2D eigenvalue weighted by Gasteiger charge is -2.32. The van der Waals surface area contributed by atoms with E-state index in [2.05, 4.69) is 10.3 Å². The molecule has 0 radical (unpaired) electrons. The van der Waals surface area contributed by atoms with Gasteiger partial charge in [-0.1, -0.05) is 11.6 Å². The van der Waals surface area contributed by atoms with Crippen LogP contribution >= 0.6 is 11.6 Å². The van der Waals surface area contributed by atoms with Gasteiger partial charge in [-0.2, -0.15) is 4.31 Å². The average Bonchev–Trinajstić information content (AvgIpc) is 2.39. The van der Waals surface area contributed by atoms with Gasteiger partial charge in [-0.25, -0.2) is 13.4 Å². The molecule has 0 aromatic carbocycles. The van der Waals surface area contributed by atoms with Crippen LogP contribution in [0.15, 0.2) is 23.4 Å². The monoisotopic (exact) mass is 305 g/mol. The van der Waals surface area contributed by atoms with Gasteiger partial charge in [-0.15, -0.1) is 0 Å². The van der Waals surface area contributed by atoms with E-state index in [1.807, 2.05) is 0 Å². The third-order valence-corrected chi connectivity index (χ3v) is 5.04. The molecule has 104 valence electrons. The molecule has 2 N–H and O–H groups in total. The van der Waals surface area contributed by atoms with Crippen molar-refractivity contribution >= 4 is 27.6 Å². The molecule has 1 aromatic heterocycles. The molecule has 19 heavy (non-hydrogen) atoms. The molecule has 1 aromatic rings. The van der Waals surface area contributed by atoms with Gasteiger partial charge in [0.15, 0.2) is 5.03 Å². The number of hydrogen-bond acceptors (Lipinski definition) is 5. The third-order valence-electron chi connectivity index (χ3n) is 2.76. The van der Waals surface area contributed by atoms with Crippen molar-refractivity contribution in [1.29, 1.82) is 0 Å². The summed E-state index contributed by atoms with van der Waals surface area (Å²) in [5.41, 5.74) is 0. The highest BCUT2D eigenvalue weighted by molar-refractivity contribution is 7.89. The molecular weight excluding hydrogens is 294 g/mol. The predicted octanol–water partition coefficient (Wildman–Crippen LogP) is -0.218. The lowest BCUT2D eigenvalue weighted by molar-refractivity contribution is -0.141. The molecule has 1 atom stereocenters. The number of pyridine rings is 1. The molecule has 0 aliphatic carbocycles. The number of halogens is 1. The smallest absolute Gasteiger partial charge is 0.323 e. The molecule has 2 heterocycles. The molecule has 0 unspecified atom stereocenters. The van der Waals surface area contributed by atoms with Crippen molar-refractivity contribution in [3.05, 3.63) is 23.4 Å². The maximum absolute atomic E-state index is 12.4. The SMILES string of the molecule is O=C(O)[C@H]1CNCCN1S(=O)(=O)c1ncccc1Cl. The number of rotatable bonds is 3. The first-order chi connectivity index (χ1) is 8.94. The molecule has 1 aliphatic rings. The fraction of sp³-hybridized carbons (Fsp3) is 0.400. The van der Waals surface area contributed by atoms with Crippen LogP contribution in [0.2, 0.25) is 5.02 Å². The van der Waals surface area contributed by atoms with E-state index in [4.69, 9.17) is 16.7 Å². The fourth-order valence-corrected chi connectivity index (χ4v) is 3.83. The molecule has 0 amide bonds. The summed E-state index contributed by atoms with van der Waals surface area (Å²) in [5, 5.41) is 11.6. The minimum atomic E-state index is -4.02. The van der Waals surface area contributed by atoms with Crippen LogP contribution < -0.4 is 5.32 Å². The lowest BCUT2D eigenvalue weighted by Crippen LogP contribution is -2.56. The number of nitrogens with zero attached hydrogens (tertiary/aromatic N) is 2. The van der Waals surface area contributed by atoms with E-state index in [0.29, 0.717) is 6.54 Å². The summed E-state index contributed by atoms with van der Waals surface area (Å²) in [6.45, 7) is 0.499. The van der Waals surface area contributed by atoms with E-state index in [1.165, 1.54) is 18.3 Å². The van der Waals surface area contributed by atoms with E-state index in [0.717, 1.165) is 4.31 Å². The summed E-state index contributed by atoms with van der Waals surface area (Å²) < 4.78 is 25.7. The van der Waals surface area contributed by atoms with Crippen molar-refractivity contribution in [2.75, 3.05) is 19.6 Å². The Balaban J connectivity index is 2.43. The standard InChI is InChI=1S/C10H12ClN3O4S/c11-7-2-1-3-13-9(7)19(17,18)14-5-4-12-6-8(14)10(15)16/h1-3,8,12H,4-6H2,(H,15,16)/t8-/m1/s1. The van der Waals surface area contributed by atoms with Gasteiger partial charge >= 0.3 is 5.97 Å². The van der Waals surface area contributed by atoms with Crippen LogP contribution in [0.5, 0.6) is 0 Å². The van der Waals surface area contributed by atoms with E-state index in [1.54, 1.807) is 0 Å². The maximum atomic E-state index is 12.4. The van der Waals surface area contributed by atoms with Crippen molar-refractivity contribution in [1.82, 2.24) is 14.6 Å². The third kappa shape index (κ3) is 2.71. The maximum Gasteiger partial charge on any atom is 0.323 e. The highest BCUT2D eigenvalue weighted by atomic mass is 35.5. The van der Waals surface area contributed by atoms with Crippen molar-refractivity contribution in [3.63, 3.8) is 0 Å². The zero-order chi connectivity index (χ0) is 14.0. The van der Waals surface area contributed by atoms with Gasteiger partial charge < -0.3 is 10.4 Å². The molecule has 2 rings (SSSR count). The average molecular weight is 306 g/mol. The predicted molar refractivity (Wildman–Crippen MR) is 67.4 cm³/mol. The zero-order valence-electron chi connectivity index (χ0n) is 9.78. The first-order valence-corrected chi connectivity index (χ1v) is 7.32. The minimum Gasteiger partial charge on any atom is -0.480 e. The summed E-state index contributed by atoms with van der Waals surface area (Å²) in [4.78, 5) is 14.9. The quantitative estimate of drug-likeness (QED) is 0.801. The van der Waals surface area contributed by atoms with Crippen LogP contribution in [0.25, 0.3) is 0 Å². The molecular formula is C10H12ClN3O4S. The van der Waals surface area contributed by atoms with Crippen LogP contribution in [0.4, 0.5) is 0 Å². The second-order valence-electron chi connectivity index (χ2n) is 3.96. The largest absolute Gasteiger partial charge is 0.480 e. The van der Waals surface area contributed by atoms with E-state index in [9.17, 15) is 13.2 Å². The Morgan fingerprint density at radius 3 is 2.95 bits per heavy atom. The number of aliphatic carboxylic acids is 1. The Labute approximate surface area is 115 Å². The Kier molecular flexibility index (Phi) is 4.04. The summed E-state index contributed by atoms with van der Waals surface area (Å²) in [7, 11) is -4.02. The van der Waals surface area contributed by atoms with Crippen LogP contribution in [0.1, 0.15) is 0 Å².